The van der Waals surface area contributed by atoms with Crippen LogP contribution in [0, 0.1) is 5.41 Å². The SMILES string of the molecule is CS(=O)(=O)c1cnn(-c2ncccc2C(=N)N)c1. The Bertz CT molecular complexity index is 705. The second kappa shape index (κ2) is 4.22. The van der Waals surface area contributed by atoms with Crippen molar-refractivity contribution >= 4 is 15.7 Å². The van der Waals surface area contributed by atoms with Gasteiger partial charge in [0.05, 0.1) is 18.0 Å². The maximum Gasteiger partial charge on any atom is 0.178 e. The summed E-state index contributed by atoms with van der Waals surface area (Å²) in [6.07, 6.45) is 5.18. The molecule has 0 saturated carbocycles. The molecular weight excluding hydrogens is 254 g/mol. The third-order valence-corrected chi connectivity index (χ3v) is 3.35. The molecule has 0 radical (unpaired) electrons. The van der Waals surface area contributed by atoms with Gasteiger partial charge in [-0.1, -0.05) is 0 Å². The first-order valence-corrected chi connectivity index (χ1v) is 6.83. The highest BCUT2D eigenvalue weighted by Crippen LogP contribution is 2.13. The summed E-state index contributed by atoms with van der Waals surface area (Å²) in [5.74, 6) is 0.161. The highest BCUT2D eigenvalue weighted by molar-refractivity contribution is 7.90. The Morgan fingerprint density at radius 2 is 2.22 bits per heavy atom. The third kappa shape index (κ3) is 2.23. The molecule has 7 nitrogen and oxygen atoms in total. The Morgan fingerprint density at radius 3 is 2.78 bits per heavy atom. The maximum atomic E-state index is 11.4. The number of nitrogens with zero attached hydrogens (tertiary/aromatic N) is 3. The fraction of sp³-hybridized carbons (Fsp3) is 0.100. The molecule has 0 atom stereocenters. The van der Waals surface area contributed by atoms with Crippen LogP contribution >= 0.6 is 0 Å². The van der Waals surface area contributed by atoms with Crippen LogP contribution in [0.25, 0.3) is 5.82 Å². The molecule has 94 valence electrons. The molecule has 0 spiro atoms. The van der Waals surface area contributed by atoms with Crippen molar-refractivity contribution in [1.82, 2.24) is 14.8 Å². The normalized spacial score (nSPS) is 11.4. The number of hydrogen-bond donors (Lipinski definition) is 2. The van der Waals surface area contributed by atoms with Crippen LogP contribution in [0.2, 0.25) is 0 Å². The number of amidine groups is 1. The van der Waals surface area contributed by atoms with Crippen molar-refractivity contribution in [3.63, 3.8) is 0 Å². The summed E-state index contributed by atoms with van der Waals surface area (Å²) in [5, 5.41) is 11.4. The minimum absolute atomic E-state index is 0.0858. The van der Waals surface area contributed by atoms with Crippen molar-refractivity contribution in [2.75, 3.05) is 6.26 Å². The molecule has 0 aliphatic rings. The van der Waals surface area contributed by atoms with Gasteiger partial charge in [0.15, 0.2) is 15.7 Å². The van der Waals surface area contributed by atoms with Crippen LogP contribution < -0.4 is 5.73 Å². The van der Waals surface area contributed by atoms with Gasteiger partial charge >= 0.3 is 0 Å². The van der Waals surface area contributed by atoms with Gasteiger partial charge in [-0.3, -0.25) is 5.41 Å². The lowest BCUT2D eigenvalue weighted by Crippen LogP contribution is -2.16. The molecule has 0 unspecified atom stereocenters. The topological polar surface area (TPSA) is 115 Å². The zero-order valence-electron chi connectivity index (χ0n) is 9.53. The van der Waals surface area contributed by atoms with E-state index < -0.39 is 9.84 Å². The molecule has 3 N–H and O–H groups in total. The van der Waals surface area contributed by atoms with Gasteiger partial charge < -0.3 is 5.73 Å². The zero-order valence-corrected chi connectivity index (χ0v) is 10.3. The van der Waals surface area contributed by atoms with Crippen LogP contribution in [0.1, 0.15) is 5.56 Å². The summed E-state index contributed by atoms with van der Waals surface area (Å²) in [6.45, 7) is 0. The van der Waals surface area contributed by atoms with E-state index in [1.54, 1.807) is 12.1 Å². The lowest BCUT2D eigenvalue weighted by atomic mass is 10.2. The fourth-order valence-electron chi connectivity index (χ4n) is 1.40. The summed E-state index contributed by atoms with van der Waals surface area (Å²) in [4.78, 5) is 4.14. The summed E-state index contributed by atoms with van der Waals surface area (Å²) in [5.41, 5.74) is 5.82. The van der Waals surface area contributed by atoms with E-state index in [4.69, 9.17) is 11.1 Å². The first-order chi connectivity index (χ1) is 8.39. The molecule has 2 heterocycles. The highest BCUT2D eigenvalue weighted by atomic mass is 32.2. The quantitative estimate of drug-likeness (QED) is 0.596. The fourth-order valence-corrected chi connectivity index (χ4v) is 1.93. The summed E-state index contributed by atoms with van der Waals surface area (Å²) in [6, 6.07) is 3.26. The number of nitrogens with two attached hydrogens (primary N) is 1. The van der Waals surface area contributed by atoms with E-state index in [0.717, 1.165) is 6.26 Å². The molecule has 0 aromatic carbocycles. The van der Waals surface area contributed by atoms with Crippen molar-refractivity contribution in [2.45, 2.75) is 4.90 Å². The Kier molecular flexibility index (Phi) is 2.87. The average molecular weight is 265 g/mol. The number of rotatable bonds is 3. The van der Waals surface area contributed by atoms with E-state index in [-0.39, 0.29) is 10.7 Å². The van der Waals surface area contributed by atoms with Gasteiger partial charge in [0.2, 0.25) is 0 Å². The standard InChI is InChI=1S/C10H11N5O2S/c1-18(16,17)7-5-14-15(6-7)10-8(9(11)12)3-2-4-13-10/h2-6H,1H3,(H3,11,12). The minimum Gasteiger partial charge on any atom is -0.384 e. The Morgan fingerprint density at radius 1 is 1.50 bits per heavy atom. The lowest BCUT2D eigenvalue weighted by molar-refractivity contribution is 0.602. The van der Waals surface area contributed by atoms with Crippen molar-refractivity contribution in [3.8, 4) is 5.82 Å². The molecule has 8 heteroatoms. The summed E-state index contributed by atoms with van der Waals surface area (Å²) >= 11 is 0. The first kappa shape index (κ1) is 12.2. The van der Waals surface area contributed by atoms with Crippen LogP contribution in [0.4, 0.5) is 0 Å². The number of hydrogen-bond acceptors (Lipinski definition) is 5. The van der Waals surface area contributed by atoms with E-state index in [2.05, 4.69) is 10.1 Å². The predicted octanol–water partition coefficient (Wildman–Crippen LogP) is -0.0451. The number of nitrogens with one attached hydrogen (secondary N) is 1. The highest BCUT2D eigenvalue weighted by Gasteiger charge is 2.14. The number of aromatic nitrogens is 3. The molecule has 0 saturated heterocycles. The van der Waals surface area contributed by atoms with Gasteiger partial charge in [0.25, 0.3) is 0 Å². The van der Waals surface area contributed by atoms with Crippen LogP contribution in [0.15, 0.2) is 35.6 Å². The summed E-state index contributed by atoms with van der Waals surface area (Å²) < 4.78 is 24.0. The zero-order chi connectivity index (χ0) is 13.3. The van der Waals surface area contributed by atoms with Crippen LogP contribution in [0.3, 0.4) is 0 Å². The van der Waals surface area contributed by atoms with Gasteiger partial charge in [-0.05, 0) is 12.1 Å². The Hall–Kier alpha value is -2.22. The Labute approximate surface area is 104 Å². The molecule has 2 aromatic heterocycles. The number of sulfone groups is 1. The molecule has 0 aliphatic carbocycles. The predicted molar refractivity (Wildman–Crippen MR) is 65.5 cm³/mol. The average Bonchev–Trinajstić information content (AvgIpc) is 2.77. The lowest BCUT2D eigenvalue weighted by Gasteiger charge is -2.05. The smallest absolute Gasteiger partial charge is 0.178 e. The van der Waals surface area contributed by atoms with Crippen molar-refractivity contribution in [2.24, 2.45) is 5.73 Å². The maximum absolute atomic E-state index is 11.4. The van der Waals surface area contributed by atoms with E-state index >= 15 is 0 Å². The second-order valence-corrected chi connectivity index (χ2v) is 5.70. The summed E-state index contributed by atoms with van der Waals surface area (Å²) in [7, 11) is -3.32. The Balaban J connectivity index is 2.57. The molecule has 2 rings (SSSR count). The van der Waals surface area contributed by atoms with Crippen LogP contribution in [0.5, 0.6) is 0 Å². The van der Waals surface area contributed by atoms with E-state index in [1.165, 1.54) is 23.3 Å². The van der Waals surface area contributed by atoms with Crippen LogP contribution in [-0.2, 0) is 9.84 Å². The second-order valence-electron chi connectivity index (χ2n) is 3.68. The molecule has 0 amide bonds. The molecule has 18 heavy (non-hydrogen) atoms. The molecule has 0 fully saturated rings. The molecule has 2 aromatic rings. The van der Waals surface area contributed by atoms with E-state index in [9.17, 15) is 8.42 Å². The van der Waals surface area contributed by atoms with E-state index in [0.29, 0.717) is 11.4 Å². The van der Waals surface area contributed by atoms with Gasteiger partial charge in [-0.2, -0.15) is 5.10 Å². The van der Waals surface area contributed by atoms with Gasteiger partial charge in [-0.25, -0.2) is 18.1 Å². The van der Waals surface area contributed by atoms with Gasteiger partial charge in [-0.15, -0.1) is 0 Å². The van der Waals surface area contributed by atoms with Crippen molar-refractivity contribution in [3.05, 3.63) is 36.3 Å². The van der Waals surface area contributed by atoms with Gasteiger partial charge in [0.1, 0.15) is 10.7 Å². The van der Waals surface area contributed by atoms with Crippen molar-refractivity contribution in [1.29, 1.82) is 5.41 Å². The molecule has 0 bridgehead atoms. The third-order valence-electron chi connectivity index (χ3n) is 2.28. The number of nitrogen functional groups attached to an aromatic ring is 1. The monoisotopic (exact) mass is 265 g/mol. The van der Waals surface area contributed by atoms with E-state index in [1.807, 2.05) is 0 Å². The van der Waals surface area contributed by atoms with Crippen molar-refractivity contribution < 1.29 is 8.42 Å². The minimum atomic E-state index is -3.32. The van der Waals surface area contributed by atoms with Gasteiger partial charge in [0, 0.05) is 12.5 Å². The molecule has 0 aliphatic heterocycles. The largest absolute Gasteiger partial charge is 0.384 e. The van der Waals surface area contributed by atoms with Crippen LogP contribution in [-0.4, -0.2) is 35.3 Å². The molecular formula is C10H11N5O2S. The number of pyridine rings is 1. The first-order valence-electron chi connectivity index (χ1n) is 4.94.